The summed E-state index contributed by atoms with van der Waals surface area (Å²) in [6.07, 6.45) is 1.90. The average Bonchev–Trinajstić information content (AvgIpc) is 2.90. The highest BCUT2D eigenvalue weighted by atomic mass is 32.2. The van der Waals surface area contributed by atoms with E-state index in [2.05, 4.69) is 0 Å². The van der Waals surface area contributed by atoms with E-state index in [1.54, 1.807) is 11.8 Å². The summed E-state index contributed by atoms with van der Waals surface area (Å²) in [5, 5.41) is 10.6. The number of thioether (sulfide) groups is 1. The molecule has 0 spiro atoms. The summed E-state index contributed by atoms with van der Waals surface area (Å²) in [4.78, 5) is 22.4. The highest BCUT2D eigenvalue weighted by molar-refractivity contribution is 8.00. The van der Waals surface area contributed by atoms with E-state index in [0.717, 1.165) is 18.6 Å². The Balaban J connectivity index is 2.32. The van der Waals surface area contributed by atoms with Crippen LogP contribution in [-0.4, -0.2) is 28.8 Å². The number of non-ortho nitro benzene ring substituents is 1. The molecule has 0 radical (unpaired) electrons. The number of Topliss-reactive ketones (excluding diaryl/α,β-unsaturated/α-hetero) is 1. The number of nitro benzene ring substituents is 1. The minimum absolute atomic E-state index is 0.00393. The molecule has 5 nitrogen and oxygen atoms in total. The number of nitro groups is 1. The van der Waals surface area contributed by atoms with Crippen molar-refractivity contribution in [3.05, 3.63) is 33.9 Å². The number of nitrogens with zero attached hydrogens (tertiary/aromatic N) is 1. The minimum Gasteiger partial charge on any atom is -0.496 e. The smallest absolute Gasteiger partial charge is 0.273 e. The minimum atomic E-state index is -0.499. The maximum absolute atomic E-state index is 12.2. The predicted octanol–water partition coefficient (Wildman–Crippen LogP) is 2.68. The second-order valence-corrected chi connectivity index (χ2v) is 5.32. The molecule has 1 unspecified atom stereocenters. The van der Waals surface area contributed by atoms with Gasteiger partial charge in [0.15, 0.2) is 5.78 Å². The van der Waals surface area contributed by atoms with Gasteiger partial charge in [-0.05, 0) is 24.7 Å². The first kappa shape index (κ1) is 12.9. The maximum Gasteiger partial charge on any atom is 0.273 e. The van der Waals surface area contributed by atoms with Crippen LogP contribution in [0.1, 0.15) is 23.2 Å². The fourth-order valence-corrected chi connectivity index (χ4v) is 3.18. The topological polar surface area (TPSA) is 69.4 Å². The zero-order chi connectivity index (χ0) is 13.1. The zero-order valence-corrected chi connectivity index (χ0v) is 10.7. The van der Waals surface area contributed by atoms with E-state index in [0.29, 0.717) is 5.56 Å². The predicted molar refractivity (Wildman–Crippen MR) is 69.5 cm³/mol. The van der Waals surface area contributed by atoms with Gasteiger partial charge in [0.25, 0.3) is 5.69 Å². The van der Waals surface area contributed by atoms with Crippen LogP contribution in [0.5, 0.6) is 5.75 Å². The van der Waals surface area contributed by atoms with Gasteiger partial charge >= 0.3 is 0 Å². The van der Waals surface area contributed by atoms with E-state index in [4.69, 9.17) is 4.74 Å². The molecule has 1 aliphatic heterocycles. The highest BCUT2D eigenvalue weighted by Crippen LogP contribution is 2.33. The van der Waals surface area contributed by atoms with Crippen molar-refractivity contribution >= 4 is 23.2 Å². The first-order valence-corrected chi connectivity index (χ1v) is 6.66. The van der Waals surface area contributed by atoms with Crippen molar-refractivity contribution in [1.29, 1.82) is 0 Å². The first-order chi connectivity index (χ1) is 8.63. The Hall–Kier alpha value is -1.56. The Morgan fingerprint density at radius 2 is 2.33 bits per heavy atom. The molecule has 0 bridgehead atoms. The SMILES string of the molecule is COc1cc([N+](=O)[O-])ccc1C(=O)C1CCCS1. The van der Waals surface area contributed by atoms with Gasteiger partial charge in [-0.3, -0.25) is 14.9 Å². The van der Waals surface area contributed by atoms with Crippen molar-refractivity contribution in [1.82, 2.24) is 0 Å². The van der Waals surface area contributed by atoms with Crippen molar-refractivity contribution in [3.63, 3.8) is 0 Å². The molecule has 1 fully saturated rings. The summed E-state index contributed by atoms with van der Waals surface area (Å²) in [6, 6.07) is 4.13. The van der Waals surface area contributed by atoms with E-state index < -0.39 is 4.92 Å². The molecule has 2 rings (SSSR count). The van der Waals surface area contributed by atoms with Crippen LogP contribution in [0, 0.1) is 10.1 Å². The normalized spacial score (nSPS) is 18.6. The number of methoxy groups -OCH3 is 1. The number of hydrogen-bond acceptors (Lipinski definition) is 5. The Labute approximate surface area is 109 Å². The molecule has 1 aliphatic rings. The molecule has 0 saturated carbocycles. The zero-order valence-electron chi connectivity index (χ0n) is 9.92. The summed E-state index contributed by atoms with van der Waals surface area (Å²) in [5.74, 6) is 1.28. The van der Waals surface area contributed by atoms with Crippen molar-refractivity contribution in [2.24, 2.45) is 0 Å². The molecule has 1 aromatic carbocycles. The van der Waals surface area contributed by atoms with Crippen LogP contribution in [0.4, 0.5) is 5.69 Å². The molecule has 0 aliphatic carbocycles. The third kappa shape index (κ3) is 2.48. The van der Waals surface area contributed by atoms with Crippen molar-refractivity contribution in [3.8, 4) is 5.75 Å². The molecule has 6 heteroatoms. The Kier molecular flexibility index (Phi) is 3.86. The Morgan fingerprint density at radius 3 is 2.89 bits per heavy atom. The molecule has 1 heterocycles. The molecule has 0 aromatic heterocycles. The van der Waals surface area contributed by atoms with Crippen LogP contribution in [0.15, 0.2) is 18.2 Å². The first-order valence-electron chi connectivity index (χ1n) is 5.61. The van der Waals surface area contributed by atoms with Gasteiger partial charge < -0.3 is 4.74 Å². The number of ketones is 1. The fraction of sp³-hybridized carbons (Fsp3) is 0.417. The van der Waals surface area contributed by atoms with Gasteiger partial charge in [0.05, 0.1) is 28.9 Å². The number of ether oxygens (including phenoxy) is 1. The van der Waals surface area contributed by atoms with Crippen LogP contribution in [0.3, 0.4) is 0 Å². The lowest BCUT2D eigenvalue weighted by Crippen LogP contribution is -2.15. The van der Waals surface area contributed by atoms with Crippen molar-refractivity contribution < 1.29 is 14.5 Å². The number of benzene rings is 1. The summed E-state index contributed by atoms with van der Waals surface area (Å²) < 4.78 is 5.08. The summed E-state index contributed by atoms with van der Waals surface area (Å²) in [5.41, 5.74) is 0.366. The summed E-state index contributed by atoms with van der Waals surface area (Å²) in [7, 11) is 1.41. The second kappa shape index (κ2) is 5.39. The number of hydrogen-bond donors (Lipinski definition) is 0. The molecule has 1 saturated heterocycles. The lowest BCUT2D eigenvalue weighted by atomic mass is 10.0. The Bertz CT molecular complexity index is 483. The molecule has 0 amide bonds. The molecule has 96 valence electrons. The largest absolute Gasteiger partial charge is 0.496 e. The van der Waals surface area contributed by atoms with Gasteiger partial charge in [0.1, 0.15) is 5.75 Å². The van der Waals surface area contributed by atoms with Crippen LogP contribution in [-0.2, 0) is 0 Å². The van der Waals surface area contributed by atoms with E-state index in [-0.39, 0.29) is 22.5 Å². The van der Waals surface area contributed by atoms with Gasteiger partial charge in [0.2, 0.25) is 0 Å². The van der Waals surface area contributed by atoms with Crippen molar-refractivity contribution in [2.75, 3.05) is 12.9 Å². The van der Waals surface area contributed by atoms with Crippen LogP contribution in [0.2, 0.25) is 0 Å². The quantitative estimate of drug-likeness (QED) is 0.476. The van der Waals surface area contributed by atoms with Gasteiger partial charge in [-0.25, -0.2) is 0 Å². The fourth-order valence-electron chi connectivity index (χ4n) is 1.95. The molecule has 1 atom stereocenters. The highest BCUT2D eigenvalue weighted by Gasteiger charge is 2.27. The van der Waals surface area contributed by atoms with Gasteiger partial charge in [-0.1, -0.05) is 0 Å². The summed E-state index contributed by atoms with van der Waals surface area (Å²) >= 11 is 1.64. The molecular weight excluding hydrogens is 254 g/mol. The van der Waals surface area contributed by atoms with E-state index in [1.807, 2.05) is 0 Å². The molecule has 18 heavy (non-hydrogen) atoms. The standard InChI is InChI=1S/C12H13NO4S/c1-17-10-7-8(13(15)16)4-5-9(10)12(14)11-3-2-6-18-11/h4-5,7,11H,2-3,6H2,1H3. The van der Waals surface area contributed by atoms with E-state index >= 15 is 0 Å². The molecule has 0 N–H and O–H groups in total. The van der Waals surface area contributed by atoms with Gasteiger partial charge in [-0.15, -0.1) is 0 Å². The van der Waals surface area contributed by atoms with Crippen molar-refractivity contribution in [2.45, 2.75) is 18.1 Å². The lowest BCUT2D eigenvalue weighted by molar-refractivity contribution is -0.384. The van der Waals surface area contributed by atoms with Crippen LogP contribution in [0.25, 0.3) is 0 Å². The number of carbonyl (C=O) groups is 1. The van der Waals surface area contributed by atoms with Crippen LogP contribution >= 0.6 is 11.8 Å². The third-order valence-electron chi connectivity index (χ3n) is 2.88. The monoisotopic (exact) mass is 267 g/mol. The van der Waals surface area contributed by atoms with E-state index in [9.17, 15) is 14.9 Å². The lowest BCUT2D eigenvalue weighted by Gasteiger charge is -2.11. The molecular formula is C12H13NO4S. The third-order valence-corrected chi connectivity index (χ3v) is 4.26. The summed E-state index contributed by atoms with van der Waals surface area (Å²) in [6.45, 7) is 0. The number of rotatable bonds is 4. The van der Waals surface area contributed by atoms with E-state index in [1.165, 1.54) is 25.3 Å². The Morgan fingerprint density at radius 1 is 1.56 bits per heavy atom. The van der Waals surface area contributed by atoms with Gasteiger partial charge in [-0.2, -0.15) is 11.8 Å². The van der Waals surface area contributed by atoms with Gasteiger partial charge in [0, 0.05) is 6.07 Å². The number of carbonyl (C=O) groups excluding carboxylic acids is 1. The average molecular weight is 267 g/mol. The van der Waals surface area contributed by atoms with Crippen LogP contribution < -0.4 is 4.74 Å². The second-order valence-electron chi connectivity index (χ2n) is 4.01. The maximum atomic E-state index is 12.2. The molecule has 1 aromatic rings.